The van der Waals surface area contributed by atoms with Crippen LogP contribution in [0.4, 0.5) is 0 Å². The monoisotopic (exact) mass is 1030 g/mol. The van der Waals surface area contributed by atoms with Crippen LogP contribution in [0.25, 0.3) is 0 Å². The van der Waals surface area contributed by atoms with Crippen molar-refractivity contribution in [2.45, 2.75) is 235 Å². The first-order valence-corrected chi connectivity index (χ1v) is 27.6. The molecule has 14 heteroatoms. The van der Waals surface area contributed by atoms with E-state index >= 15 is 0 Å². The van der Waals surface area contributed by atoms with Gasteiger partial charge in [-0.3, -0.25) is 4.79 Å². The Hall–Kier alpha value is -3.35. The standard InChI is InChI=1S/C59H97NO13/c1-3-5-7-9-11-13-15-17-18-19-20-21-22-23-24-25-26-27-28-29-30-31-33-35-37-39-41-43-51(64)60-47(48(63)42-40-38-36-34-32-16-14-12-10-8-6-4-2)46-70-58-56(69)54(67)57(50(45-62)72-58)73-59-55(68)53(66)52(65)49(44-61)71-59/h5,7,11,13,17-18,20-21,23-24,26-27,29-30,33,35,40,42,47-50,52-59,61-63,65-69H,3-4,6,8-10,12,14-16,19,22,25,28,31-32,34,36-39,41,43-46H2,1-2H3,(H,60,64)/b7-5-,13-11-,18-17-,21-20-,24-23-,27-26-,30-29-,35-33-,42-40+. The number of aliphatic hydroxyl groups excluding tert-OH is 8. The summed E-state index contributed by atoms with van der Waals surface area (Å²) in [5, 5.41) is 86.8. The smallest absolute Gasteiger partial charge is 0.220 e. The molecule has 0 bridgehead atoms. The first-order valence-electron chi connectivity index (χ1n) is 27.6. The van der Waals surface area contributed by atoms with Gasteiger partial charge in [0.2, 0.25) is 5.91 Å². The average Bonchev–Trinajstić information content (AvgIpc) is 3.39. The van der Waals surface area contributed by atoms with Crippen LogP contribution < -0.4 is 5.32 Å². The maximum absolute atomic E-state index is 13.2. The van der Waals surface area contributed by atoms with Crippen molar-refractivity contribution in [1.82, 2.24) is 5.32 Å². The highest BCUT2D eigenvalue weighted by molar-refractivity contribution is 5.76. The van der Waals surface area contributed by atoms with E-state index in [1.807, 2.05) is 6.08 Å². The van der Waals surface area contributed by atoms with Gasteiger partial charge in [0.05, 0.1) is 32.0 Å². The van der Waals surface area contributed by atoms with E-state index in [4.69, 9.17) is 18.9 Å². The molecule has 0 aromatic heterocycles. The summed E-state index contributed by atoms with van der Waals surface area (Å²) < 4.78 is 22.7. The molecule has 0 aromatic rings. The summed E-state index contributed by atoms with van der Waals surface area (Å²) in [4.78, 5) is 13.2. The maximum Gasteiger partial charge on any atom is 0.220 e. The van der Waals surface area contributed by atoms with Crippen LogP contribution in [0.2, 0.25) is 0 Å². The molecule has 1 amide bonds. The van der Waals surface area contributed by atoms with Gasteiger partial charge >= 0.3 is 0 Å². The molecule has 0 radical (unpaired) electrons. The Morgan fingerprint density at radius 1 is 0.507 bits per heavy atom. The van der Waals surface area contributed by atoms with E-state index in [0.29, 0.717) is 6.42 Å². The molecule has 12 unspecified atom stereocenters. The fraction of sp³-hybridized carbons (Fsp3) is 0.678. The van der Waals surface area contributed by atoms with Crippen LogP contribution in [-0.4, -0.2) is 140 Å². The van der Waals surface area contributed by atoms with E-state index in [-0.39, 0.29) is 18.9 Å². The zero-order valence-corrected chi connectivity index (χ0v) is 44.3. The van der Waals surface area contributed by atoms with Crippen molar-refractivity contribution < 1.29 is 64.6 Å². The number of nitrogens with one attached hydrogen (secondary N) is 1. The van der Waals surface area contributed by atoms with Gasteiger partial charge in [-0.25, -0.2) is 0 Å². The van der Waals surface area contributed by atoms with Crippen LogP contribution in [0.5, 0.6) is 0 Å². The Morgan fingerprint density at radius 2 is 0.945 bits per heavy atom. The van der Waals surface area contributed by atoms with Crippen molar-refractivity contribution in [3.05, 3.63) is 109 Å². The quantitative estimate of drug-likeness (QED) is 0.0207. The van der Waals surface area contributed by atoms with E-state index in [1.54, 1.807) is 6.08 Å². The number of allylic oxidation sites excluding steroid dienone is 17. The molecule has 2 rings (SSSR count). The lowest BCUT2D eigenvalue weighted by Crippen LogP contribution is -2.65. The molecule has 2 saturated heterocycles. The molecule has 9 N–H and O–H groups in total. The normalized spacial score (nSPS) is 26.3. The summed E-state index contributed by atoms with van der Waals surface area (Å²) in [6.07, 6.45) is 44.1. The summed E-state index contributed by atoms with van der Waals surface area (Å²) in [5.74, 6) is -0.288. The second kappa shape index (κ2) is 43.8. The summed E-state index contributed by atoms with van der Waals surface area (Å²) in [5.41, 5.74) is 0. The van der Waals surface area contributed by atoms with E-state index < -0.39 is 86.8 Å². The second-order valence-electron chi connectivity index (χ2n) is 19.0. The molecule has 0 aromatic carbocycles. The number of amides is 1. The zero-order valence-electron chi connectivity index (χ0n) is 44.3. The van der Waals surface area contributed by atoms with Gasteiger partial charge < -0.3 is 65.1 Å². The molecule has 2 aliphatic rings. The van der Waals surface area contributed by atoms with Crippen LogP contribution in [0.1, 0.15) is 162 Å². The maximum atomic E-state index is 13.2. The molecule has 0 saturated carbocycles. The first kappa shape index (κ1) is 65.8. The van der Waals surface area contributed by atoms with E-state index in [0.717, 1.165) is 89.9 Å². The highest BCUT2D eigenvalue weighted by Crippen LogP contribution is 2.30. The lowest BCUT2D eigenvalue weighted by Gasteiger charge is -2.46. The third-order valence-corrected chi connectivity index (χ3v) is 12.7. The molecule has 416 valence electrons. The number of carbonyl (C=O) groups excluding carboxylic acids is 1. The summed E-state index contributed by atoms with van der Waals surface area (Å²) in [6, 6.07) is -0.945. The third kappa shape index (κ3) is 30.1. The van der Waals surface area contributed by atoms with Gasteiger partial charge in [0.1, 0.15) is 48.8 Å². The molecular weight excluding hydrogens is 931 g/mol. The molecule has 2 fully saturated rings. The lowest BCUT2D eigenvalue weighted by atomic mass is 9.97. The van der Waals surface area contributed by atoms with Crippen molar-refractivity contribution in [3.63, 3.8) is 0 Å². The largest absolute Gasteiger partial charge is 0.394 e. The van der Waals surface area contributed by atoms with Crippen molar-refractivity contribution >= 4 is 5.91 Å². The number of hydrogen-bond acceptors (Lipinski definition) is 13. The molecule has 2 heterocycles. The number of hydrogen-bond donors (Lipinski definition) is 9. The Balaban J connectivity index is 1.79. The SMILES string of the molecule is CC/C=C\C/C=C\C/C=C\C/C=C\C/C=C\C/C=C\C/C=C\C/C=C\CCCCC(=O)NC(COC1OC(CO)C(OC2OC(CO)C(O)C(O)C2O)C(O)C1O)C(O)/C=C/CCCCCCCCCCCC. The first-order chi connectivity index (χ1) is 35.6. The molecule has 0 aliphatic carbocycles. The van der Waals surface area contributed by atoms with Crippen LogP contribution in [0.3, 0.4) is 0 Å². The van der Waals surface area contributed by atoms with Crippen LogP contribution in [-0.2, 0) is 23.7 Å². The van der Waals surface area contributed by atoms with Crippen molar-refractivity contribution in [2.75, 3.05) is 19.8 Å². The van der Waals surface area contributed by atoms with Crippen molar-refractivity contribution in [2.24, 2.45) is 0 Å². The van der Waals surface area contributed by atoms with Gasteiger partial charge in [0.25, 0.3) is 0 Å². The molecule has 73 heavy (non-hydrogen) atoms. The Morgan fingerprint density at radius 3 is 1.45 bits per heavy atom. The predicted molar refractivity (Wildman–Crippen MR) is 290 cm³/mol. The van der Waals surface area contributed by atoms with Gasteiger partial charge in [0, 0.05) is 6.42 Å². The van der Waals surface area contributed by atoms with Gasteiger partial charge in [0.15, 0.2) is 12.6 Å². The minimum absolute atomic E-state index is 0.218. The number of aliphatic hydroxyl groups is 8. The topological polar surface area (TPSA) is 228 Å². The number of carbonyl (C=O) groups is 1. The van der Waals surface area contributed by atoms with Gasteiger partial charge in [-0.05, 0) is 83.5 Å². The Labute approximate surface area is 438 Å². The number of ether oxygens (including phenoxy) is 4. The predicted octanol–water partition coefficient (Wildman–Crippen LogP) is 8.49. The van der Waals surface area contributed by atoms with Gasteiger partial charge in [-0.2, -0.15) is 0 Å². The zero-order chi connectivity index (χ0) is 53.2. The second-order valence-corrected chi connectivity index (χ2v) is 19.0. The number of unbranched alkanes of at least 4 members (excludes halogenated alkanes) is 12. The Kier molecular flexibility index (Phi) is 39.5. The molecule has 0 spiro atoms. The molecular formula is C59H97NO13. The third-order valence-electron chi connectivity index (χ3n) is 12.7. The van der Waals surface area contributed by atoms with Crippen LogP contribution in [0, 0.1) is 0 Å². The highest BCUT2D eigenvalue weighted by atomic mass is 16.7. The van der Waals surface area contributed by atoms with E-state index in [1.165, 1.54) is 44.9 Å². The van der Waals surface area contributed by atoms with Crippen molar-refractivity contribution in [1.29, 1.82) is 0 Å². The van der Waals surface area contributed by atoms with Gasteiger partial charge in [-0.1, -0.05) is 181 Å². The van der Waals surface area contributed by atoms with E-state index in [9.17, 15) is 45.6 Å². The molecule has 14 nitrogen and oxygen atoms in total. The highest BCUT2D eigenvalue weighted by Gasteiger charge is 2.51. The van der Waals surface area contributed by atoms with Crippen LogP contribution >= 0.6 is 0 Å². The minimum atomic E-state index is -1.80. The van der Waals surface area contributed by atoms with Crippen LogP contribution in [0.15, 0.2) is 109 Å². The van der Waals surface area contributed by atoms with Gasteiger partial charge in [-0.15, -0.1) is 0 Å². The summed E-state index contributed by atoms with van der Waals surface area (Å²) in [6.45, 7) is 2.61. The number of rotatable bonds is 41. The average molecular weight is 1030 g/mol. The lowest BCUT2D eigenvalue weighted by molar-refractivity contribution is -0.359. The van der Waals surface area contributed by atoms with E-state index in [2.05, 4.69) is 116 Å². The summed E-state index contributed by atoms with van der Waals surface area (Å²) >= 11 is 0. The van der Waals surface area contributed by atoms with Crippen molar-refractivity contribution in [3.8, 4) is 0 Å². The summed E-state index contributed by atoms with van der Waals surface area (Å²) in [7, 11) is 0. The minimum Gasteiger partial charge on any atom is -0.394 e. The fourth-order valence-corrected chi connectivity index (χ4v) is 8.24. The molecule has 12 atom stereocenters. The fourth-order valence-electron chi connectivity index (χ4n) is 8.24. The molecule has 2 aliphatic heterocycles. The Bertz CT molecular complexity index is 1640.